The van der Waals surface area contributed by atoms with Gasteiger partial charge in [0.15, 0.2) is 0 Å². The number of benzene rings is 1. The molecule has 1 aromatic carbocycles. The molecule has 0 aliphatic rings. The van der Waals surface area contributed by atoms with Crippen LogP contribution in [0.3, 0.4) is 0 Å². The van der Waals surface area contributed by atoms with Crippen LogP contribution >= 0.6 is 11.6 Å². The van der Waals surface area contributed by atoms with Crippen LogP contribution in [0.2, 0.25) is 5.02 Å². The predicted molar refractivity (Wildman–Crippen MR) is 71.2 cm³/mol. The maximum atomic E-state index is 11.9. The van der Waals surface area contributed by atoms with Crippen LogP contribution in [0.15, 0.2) is 18.2 Å². The molecule has 0 saturated carbocycles. The maximum Gasteiger partial charge on any atom is 0.411 e. The summed E-state index contributed by atoms with van der Waals surface area (Å²) in [6, 6.07) is 5.31. The lowest BCUT2D eigenvalue weighted by atomic mass is 10.2. The molecule has 0 bridgehead atoms. The van der Waals surface area contributed by atoms with Gasteiger partial charge >= 0.3 is 6.18 Å². The van der Waals surface area contributed by atoms with Crippen molar-refractivity contribution in [3.8, 4) is 5.75 Å². The van der Waals surface area contributed by atoms with Gasteiger partial charge < -0.3 is 14.8 Å². The molecule has 1 N–H and O–H groups in total. The van der Waals surface area contributed by atoms with E-state index in [0.29, 0.717) is 17.3 Å². The molecule has 3 nitrogen and oxygen atoms in total. The van der Waals surface area contributed by atoms with Crippen molar-refractivity contribution in [3.63, 3.8) is 0 Å². The molecule has 20 heavy (non-hydrogen) atoms. The smallest absolute Gasteiger partial charge is 0.411 e. The number of para-hydroxylation sites is 1. The lowest BCUT2D eigenvalue weighted by Crippen LogP contribution is -2.20. The van der Waals surface area contributed by atoms with Crippen LogP contribution in [-0.4, -0.2) is 32.5 Å². The first-order valence-corrected chi connectivity index (χ1v) is 6.57. The first kappa shape index (κ1) is 17.1. The third-order valence-corrected chi connectivity index (χ3v) is 2.65. The molecular weight excluding hydrogens is 295 g/mol. The Kier molecular flexibility index (Phi) is 7.12. The van der Waals surface area contributed by atoms with Gasteiger partial charge in [0.1, 0.15) is 19.0 Å². The minimum Gasteiger partial charge on any atom is -0.489 e. The fourth-order valence-electron chi connectivity index (χ4n) is 1.50. The Hall–Kier alpha value is -0.980. The van der Waals surface area contributed by atoms with E-state index in [1.807, 2.05) is 13.0 Å². The van der Waals surface area contributed by atoms with Crippen LogP contribution in [0.5, 0.6) is 5.75 Å². The molecular formula is C13H17ClF3NO2. The SMILES string of the molecule is CCNCc1cccc(Cl)c1OCCOCC(F)(F)F. The minimum absolute atomic E-state index is 0.0128. The molecule has 1 aromatic rings. The van der Waals surface area contributed by atoms with Gasteiger partial charge in [0, 0.05) is 12.1 Å². The second-order valence-electron chi connectivity index (χ2n) is 4.02. The second-order valence-corrected chi connectivity index (χ2v) is 4.43. The van der Waals surface area contributed by atoms with Crippen molar-refractivity contribution in [2.45, 2.75) is 19.6 Å². The number of ether oxygens (including phenoxy) is 2. The lowest BCUT2D eigenvalue weighted by molar-refractivity contribution is -0.175. The number of nitrogens with one attached hydrogen (secondary N) is 1. The largest absolute Gasteiger partial charge is 0.489 e. The lowest BCUT2D eigenvalue weighted by Gasteiger charge is -2.14. The molecule has 1 rings (SSSR count). The molecule has 0 aromatic heterocycles. The zero-order chi connectivity index (χ0) is 15.0. The van der Waals surface area contributed by atoms with Crippen LogP contribution in [0, 0.1) is 0 Å². The molecule has 0 radical (unpaired) electrons. The van der Waals surface area contributed by atoms with E-state index in [9.17, 15) is 13.2 Å². The first-order valence-electron chi connectivity index (χ1n) is 6.19. The first-order chi connectivity index (χ1) is 9.44. The molecule has 0 spiro atoms. The van der Waals surface area contributed by atoms with E-state index in [2.05, 4.69) is 10.1 Å². The molecule has 7 heteroatoms. The van der Waals surface area contributed by atoms with Crippen LogP contribution in [0.25, 0.3) is 0 Å². The van der Waals surface area contributed by atoms with Gasteiger partial charge in [-0.25, -0.2) is 0 Å². The molecule has 114 valence electrons. The van der Waals surface area contributed by atoms with E-state index in [4.69, 9.17) is 16.3 Å². The summed E-state index contributed by atoms with van der Waals surface area (Å²) in [5.41, 5.74) is 0.857. The molecule has 0 unspecified atom stereocenters. The molecule has 0 fully saturated rings. The number of rotatable bonds is 8. The van der Waals surface area contributed by atoms with Gasteiger partial charge in [0.05, 0.1) is 11.6 Å². The fourth-order valence-corrected chi connectivity index (χ4v) is 1.75. The highest BCUT2D eigenvalue weighted by Gasteiger charge is 2.27. The summed E-state index contributed by atoms with van der Waals surface area (Å²) in [7, 11) is 0. The van der Waals surface area contributed by atoms with E-state index in [1.165, 1.54) is 0 Å². The average Bonchev–Trinajstić information content (AvgIpc) is 2.36. The Morgan fingerprint density at radius 3 is 2.65 bits per heavy atom. The van der Waals surface area contributed by atoms with E-state index >= 15 is 0 Å². The Morgan fingerprint density at radius 2 is 2.00 bits per heavy atom. The molecule has 0 saturated heterocycles. The van der Waals surface area contributed by atoms with Crippen molar-refractivity contribution < 1.29 is 22.6 Å². The van der Waals surface area contributed by atoms with Gasteiger partial charge in [-0.3, -0.25) is 0 Å². The summed E-state index contributed by atoms with van der Waals surface area (Å²) < 4.78 is 45.5. The van der Waals surface area contributed by atoms with Crippen LogP contribution in [-0.2, 0) is 11.3 Å². The van der Waals surface area contributed by atoms with Gasteiger partial charge in [0.2, 0.25) is 0 Å². The van der Waals surface area contributed by atoms with Crippen LogP contribution < -0.4 is 10.1 Å². The third kappa shape index (κ3) is 6.45. The molecule has 0 aliphatic carbocycles. The topological polar surface area (TPSA) is 30.5 Å². The highest BCUT2D eigenvalue weighted by atomic mass is 35.5. The van der Waals surface area contributed by atoms with Crippen LogP contribution in [0.1, 0.15) is 12.5 Å². The summed E-state index contributed by atoms with van der Waals surface area (Å²) in [5, 5.41) is 3.56. The standard InChI is InChI=1S/C13H17ClF3NO2/c1-2-18-8-10-4-3-5-11(14)12(10)20-7-6-19-9-13(15,16)17/h3-5,18H,2,6-9H2,1H3. The second kappa shape index (κ2) is 8.34. The average molecular weight is 312 g/mol. The van der Waals surface area contributed by atoms with E-state index in [-0.39, 0.29) is 13.2 Å². The van der Waals surface area contributed by atoms with Gasteiger partial charge in [-0.05, 0) is 12.6 Å². The molecule has 0 amide bonds. The summed E-state index contributed by atoms with van der Waals surface area (Å²) >= 11 is 6.02. The maximum absolute atomic E-state index is 11.9. The third-order valence-electron chi connectivity index (χ3n) is 2.35. The Labute approximate surface area is 121 Å². The zero-order valence-electron chi connectivity index (χ0n) is 11.1. The van der Waals surface area contributed by atoms with Crippen molar-refractivity contribution in [2.75, 3.05) is 26.4 Å². The summed E-state index contributed by atoms with van der Waals surface area (Å²) in [5.74, 6) is 0.478. The Balaban J connectivity index is 2.46. The van der Waals surface area contributed by atoms with Gasteiger partial charge in [0.25, 0.3) is 0 Å². The van der Waals surface area contributed by atoms with Crippen molar-refractivity contribution in [3.05, 3.63) is 28.8 Å². The Bertz CT molecular complexity index is 413. The number of halogens is 4. The number of alkyl halides is 3. The molecule has 0 heterocycles. The highest BCUT2D eigenvalue weighted by molar-refractivity contribution is 6.32. The minimum atomic E-state index is -4.32. The molecule has 0 aliphatic heterocycles. The van der Waals surface area contributed by atoms with Crippen molar-refractivity contribution in [1.29, 1.82) is 0 Å². The van der Waals surface area contributed by atoms with Crippen molar-refractivity contribution >= 4 is 11.6 Å². The fraction of sp³-hybridized carbons (Fsp3) is 0.538. The number of hydrogen-bond donors (Lipinski definition) is 1. The highest BCUT2D eigenvalue weighted by Crippen LogP contribution is 2.28. The normalized spacial score (nSPS) is 11.7. The predicted octanol–water partition coefficient (Wildman–Crippen LogP) is 3.41. The Morgan fingerprint density at radius 1 is 1.25 bits per heavy atom. The molecule has 0 atom stereocenters. The number of hydrogen-bond acceptors (Lipinski definition) is 3. The van der Waals surface area contributed by atoms with Gasteiger partial charge in [-0.1, -0.05) is 30.7 Å². The monoisotopic (exact) mass is 311 g/mol. The summed E-state index contributed by atoms with van der Waals surface area (Å²) in [6.45, 7) is 1.93. The zero-order valence-corrected chi connectivity index (χ0v) is 11.9. The van der Waals surface area contributed by atoms with E-state index in [1.54, 1.807) is 12.1 Å². The van der Waals surface area contributed by atoms with E-state index in [0.717, 1.165) is 12.1 Å². The van der Waals surface area contributed by atoms with Gasteiger partial charge in [-0.15, -0.1) is 0 Å². The van der Waals surface area contributed by atoms with E-state index < -0.39 is 12.8 Å². The quantitative estimate of drug-likeness (QED) is 0.746. The van der Waals surface area contributed by atoms with Crippen molar-refractivity contribution in [2.24, 2.45) is 0 Å². The van der Waals surface area contributed by atoms with Gasteiger partial charge in [-0.2, -0.15) is 13.2 Å². The summed E-state index contributed by atoms with van der Waals surface area (Å²) in [6.07, 6.45) is -4.32. The van der Waals surface area contributed by atoms with Crippen LogP contribution in [0.4, 0.5) is 13.2 Å². The summed E-state index contributed by atoms with van der Waals surface area (Å²) in [4.78, 5) is 0. The van der Waals surface area contributed by atoms with Crippen molar-refractivity contribution in [1.82, 2.24) is 5.32 Å².